The third kappa shape index (κ3) is 3.01. The molecule has 0 radical (unpaired) electrons. The Bertz CT molecular complexity index is 424. The van der Waals surface area contributed by atoms with Gasteiger partial charge in [-0.25, -0.2) is 0 Å². The Hall–Kier alpha value is -1.84. The Morgan fingerprint density at radius 3 is 1.59 bits per heavy atom. The molecule has 1 aliphatic rings. The molecular weight excluding hydrogens is 280 g/mol. The fraction of sp³-hybridized carbons (Fsp3) is 0.556. The molecule has 0 aliphatic heterocycles. The number of allylic oxidation sites excluding steroid dienone is 4. The number of esters is 2. The van der Waals surface area contributed by atoms with Crippen molar-refractivity contribution in [3.63, 3.8) is 0 Å². The lowest BCUT2D eigenvalue weighted by atomic mass is 9.54. The Labute approximate surface area is 132 Å². The van der Waals surface area contributed by atoms with Crippen LogP contribution in [0.15, 0.2) is 37.5 Å². The number of carbonyl (C=O) groups excluding carboxylic acids is 2. The van der Waals surface area contributed by atoms with Crippen LogP contribution in [0.5, 0.6) is 0 Å². The van der Waals surface area contributed by atoms with Gasteiger partial charge in [0.15, 0.2) is 0 Å². The van der Waals surface area contributed by atoms with E-state index in [1.54, 1.807) is 26.0 Å². The maximum absolute atomic E-state index is 12.8. The average Bonchev–Trinajstić information content (AvgIpc) is 2.50. The molecule has 0 N–H and O–H groups in total. The van der Waals surface area contributed by atoms with Crippen molar-refractivity contribution in [2.24, 2.45) is 10.8 Å². The van der Waals surface area contributed by atoms with Crippen molar-refractivity contribution in [2.45, 2.75) is 39.5 Å². The lowest BCUT2D eigenvalue weighted by Gasteiger charge is -2.47. The number of rotatable bonds is 8. The summed E-state index contributed by atoms with van der Waals surface area (Å²) in [5.41, 5.74) is -1.97. The highest BCUT2D eigenvalue weighted by molar-refractivity contribution is 5.89. The molecule has 0 aromatic heterocycles. The predicted octanol–water partition coefficient (Wildman–Crippen LogP) is 3.59. The highest BCUT2D eigenvalue weighted by Gasteiger charge is 2.61. The van der Waals surface area contributed by atoms with Crippen LogP contribution in [0.25, 0.3) is 0 Å². The quantitative estimate of drug-likeness (QED) is 0.508. The Morgan fingerprint density at radius 1 is 0.955 bits per heavy atom. The van der Waals surface area contributed by atoms with Gasteiger partial charge < -0.3 is 9.47 Å². The summed E-state index contributed by atoms with van der Waals surface area (Å²) >= 11 is 0. The van der Waals surface area contributed by atoms with Gasteiger partial charge in [-0.05, 0) is 39.5 Å². The van der Waals surface area contributed by atoms with Crippen molar-refractivity contribution < 1.29 is 19.1 Å². The first-order chi connectivity index (χ1) is 10.5. The largest absolute Gasteiger partial charge is 0.466 e. The molecule has 0 heterocycles. The monoisotopic (exact) mass is 306 g/mol. The maximum Gasteiger partial charge on any atom is 0.313 e. The van der Waals surface area contributed by atoms with Crippen molar-refractivity contribution in [2.75, 3.05) is 13.2 Å². The second-order valence-electron chi connectivity index (χ2n) is 5.47. The topological polar surface area (TPSA) is 52.6 Å². The van der Waals surface area contributed by atoms with Crippen LogP contribution in [0.1, 0.15) is 39.5 Å². The van der Waals surface area contributed by atoms with Crippen LogP contribution in [0.2, 0.25) is 0 Å². The zero-order chi connectivity index (χ0) is 16.6. The van der Waals surface area contributed by atoms with E-state index < -0.39 is 10.8 Å². The maximum atomic E-state index is 12.8. The third-order valence-corrected chi connectivity index (χ3v) is 4.33. The van der Waals surface area contributed by atoms with Crippen LogP contribution in [-0.4, -0.2) is 25.2 Å². The second-order valence-corrected chi connectivity index (χ2v) is 5.47. The minimum atomic E-state index is -0.986. The lowest BCUT2D eigenvalue weighted by molar-refractivity contribution is -0.182. The first kappa shape index (κ1) is 18.2. The molecule has 1 rings (SSSR count). The smallest absolute Gasteiger partial charge is 0.313 e. The van der Waals surface area contributed by atoms with Gasteiger partial charge in [-0.2, -0.15) is 0 Å². The van der Waals surface area contributed by atoms with Crippen molar-refractivity contribution in [1.82, 2.24) is 0 Å². The molecule has 4 heteroatoms. The molecule has 0 saturated carbocycles. The number of hydrogen-bond donors (Lipinski definition) is 0. The minimum Gasteiger partial charge on any atom is -0.466 e. The van der Waals surface area contributed by atoms with Gasteiger partial charge in [0, 0.05) is 0 Å². The van der Waals surface area contributed by atoms with E-state index >= 15 is 0 Å². The molecule has 0 fully saturated rings. The van der Waals surface area contributed by atoms with Gasteiger partial charge in [-0.15, -0.1) is 13.2 Å². The Kier molecular flexibility index (Phi) is 6.60. The van der Waals surface area contributed by atoms with E-state index in [0.29, 0.717) is 25.7 Å². The molecule has 4 nitrogen and oxygen atoms in total. The van der Waals surface area contributed by atoms with E-state index in [4.69, 9.17) is 9.47 Å². The molecule has 0 saturated heterocycles. The summed E-state index contributed by atoms with van der Waals surface area (Å²) in [4.78, 5) is 25.5. The summed E-state index contributed by atoms with van der Waals surface area (Å²) in [6.07, 6.45) is 8.81. The third-order valence-electron chi connectivity index (χ3n) is 4.33. The number of hydrogen-bond acceptors (Lipinski definition) is 4. The second kappa shape index (κ2) is 7.97. The van der Waals surface area contributed by atoms with E-state index in [-0.39, 0.29) is 25.2 Å². The van der Waals surface area contributed by atoms with E-state index in [1.165, 1.54) is 0 Å². The summed E-state index contributed by atoms with van der Waals surface area (Å²) in [6.45, 7) is 11.6. The minimum absolute atomic E-state index is 0.272. The van der Waals surface area contributed by atoms with Crippen LogP contribution < -0.4 is 0 Å². The first-order valence-electron chi connectivity index (χ1n) is 7.76. The van der Waals surface area contributed by atoms with E-state index in [1.807, 2.05) is 12.2 Å². The van der Waals surface area contributed by atoms with Gasteiger partial charge >= 0.3 is 11.9 Å². The molecule has 0 unspecified atom stereocenters. The summed E-state index contributed by atoms with van der Waals surface area (Å²) < 4.78 is 10.6. The highest BCUT2D eigenvalue weighted by atomic mass is 16.5. The zero-order valence-electron chi connectivity index (χ0n) is 13.6. The van der Waals surface area contributed by atoms with Crippen LogP contribution in [0, 0.1) is 10.8 Å². The van der Waals surface area contributed by atoms with Gasteiger partial charge in [-0.1, -0.05) is 24.3 Å². The molecule has 1 aliphatic carbocycles. The van der Waals surface area contributed by atoms with Gasteiger partial charge in [-0.3, -0.25) is 9.59 Å². The summed E-state index contributed by atoms with van der Waals surface area (Å²) in [7, 11) is 0. The number of carbonyl (C=O) groups is 2. The molecule has 22 heavy (non-hydrogen) atoms. The zero-order valence-corrected chi connectivity index (χ0v) is 13.6. The highest BCUT2D eigenvalue weighted by Crippen LogP contribution is 2.55. The fourth-order valence-corrected chi connectivity index (χ4v) is 3.27. The van der Waals surface area contributed by atoms with E-state index in [0.717, 1.165) is 0 Å². The predicted molar refractivity (Wildman–Crippen MR) is 86.1 cm³/mol. The van der Waals surface area contributed by atoms with Crippen LogP contribution >= 0.6 is 0 Å². The molecule has 0 aromatic rings. The summed E-state index contributed by atoms with van der Waals surface area (Å²) in [5.74, 6) is -0.733. The lowest BCUT2D eigenvalue weighted by Crippen LogP contribution is -2.54. The normalized spacial score (nSPS) is 27.0. The van der Waals surface area contributed by atoms with Gasteiger partial charge in [0.25, 0.3) is 0 Å². The van der Waals surface area contributed by atoms with Crippen LogP contribution in [-0.2, 0) is 19.1 Å². The molecule has 0 aromatic carbocycles. The van der Waals surface area contributed by atoms with Gasteiger partial charge in [0.05, 0.1) is 24.0 Å². The van der Waals surface area contributed by atoms with E-state index in [2.05, 4.69) is 13.2 Å². The van der Waals surface area contributed by atoms with Crippen LogP contribution in [0.4, 0.5) is 0 Å². The molecule has 0 amide bonds. The molecule has 122 valence electrons. The SMILES string of the molecule is C=CC[C@]1(C(=O)OCC)CC=CC[C@]1(CC=C)C(=O)OCC. The van der Waals surface area contributed by atoms with Gasteiger partial charge in [0.1, 0.15) is 0 Å². The van der Waals surface area contributed by atoms with Crippen LogP contribution in [0.3, 0.4) is 0 Å². The van der Waals surface area contributed by atoms with Crippen molar-refractivity contribution in [3.05, 3.63) is 37.5 Å². The molecular formula is C18H26O4. The van der Waals surface area contributed by atoms with Gasteiger partial charge in [0.2, 0.25) is 0 Å². The fourth-order valence-electron chi connectivity index (χ4n) is 3.27. The average molecular weight is 306 g/mol. The van der Waals surface area contributed by atoms with Crippen molar-refractivity contribution >= 4 is 11.9 Å². The standard InChI is InChI=1S/C18H26O4/c1-5-11-17(15(19)21-7-3)13-9-10-14-18(17,12-6-2)16(20)22-8-4/h5-6,9-10H,1-2,7-8,11-14H2,3-4H3/t17-,18-/m1/s1. The van der Waals surface area contributed by atoms with Crippen molar-refractivity contribution in [3.8, 4) is 0 Å². The summed E-state index contributed by atoms with van der Waals surface area (Å²) in [5, 5.41) is 0. The van der Waals surface area contributed by atoms with Crippen molar-refractivity contribution in [1.29, 1.82) is 0 Å². The molecule has 0 spiro atoms. The Balaban J connectivity index is 3.46. The molecule has 2 atom stereocenters. The summed E-state index contributed by atoms with van der Waals surface area (Å²) in [6, 6.07) is 0. The molecule has 0 bridgehead atoms. The first-order valence-corrected chi connectivity index (χ1v) is 7.76. The Morgan fingerprint density at radius 2 is 1.32 bits per heavy atom. The van der Waals surface area contributed by atoms with E-state index in [9.17, 15) is 9.59 Å². The number of ether oxygens (including phenoxy) is 2.